The van der Waals surface area contributed by atoms with Gasteiger partial charge in [0.15, 0.2) is 0 Å². The highest BCUT2D eigenvalue weighted by atomic mass is 19.4. The number of alkyl halides is 3. The van der Waals surface area contributed by atoms with Gasteiger partial charge in [0.25, 0.3) is 0 Å². The lowest BCUT2D eigenvalue weighted by Crippen LogP contribution is -2.45. The third kappa shape index (κ3) is 3.04. The van der Waals surface area contributed by atoms with Crippen molar-refractivity contribution in [2.75, 3.05) is 4.90 Å². The van der Waals surface area contributed by atoms with Crippen LogP contribution in [0.4, 0.5) is 18.9 Å². The van der Waals surface area contributed by atoms with Crippen LogP contribution in [0.25, 0.3) is 0 Å². The highest BCUT2D eigenvalue weighted by Gasteiger charge is 2.44. The van der Waals surface area contributed by atoms with Crippen LogP contribution < -0.4 is 4.90 Å². The molecule has 0 heterocycles. The first-order valence-electron chi connectivity index (χ1n) is 5.20. The fourth-order valence-corrected chi connectivity index (χ4v) is 1.43. The number of anilines is 1. The molecule has 0 bridgehead atoms. The Labute approximate surface area is 103 Å². The molecule has 1 unspecified atom stereocenters. The van der Waals surface area contributed by atoms with E-state index in [2.05, 4.69) is 5.92 Å². The second-order valence-electron chi connectivity index (χ2n) is 3.85. The van der Waals surface area contributed by atoms with Crippen molar-refractivity contribution in [3.05, 3.63) is 29.8 Å². The molecular weight excluding hydrogens is 243 g/mol. The second kappa shape index (κ2) is 5.13. The minimum atomic E-state index is -4.95. The monoisotopic (exact) mass is 255 g/mol. The minimum Gasteiger partial charge on any atom is -0.291 e. The van der Waals surface area contributed by atoms with Gasteiger partial charge in [-0.05, 0) is 26.0 Å². The summed E-state index contributed by atoms with van der Waals surface area (Å²) in [5.41, 5.74) is 1.01. The Balaban J connectivity index is 3.19. The number of halogens is 3. The Morgan fingerprint density at radius 2 is 1.83 bits per heavy atom. The lowest BCUT2D eigenvalue weighted by atomic mass is 10.2. The van der Waals surface area contributed by atoms with Crippen LogP contribution in [0.1, 0.15) is 12.5 Å². The molecule has 1 atom stereocenters. The second-order valence-corrected chi connectivity index (χ2v) is 3.85. The van der Waals surface area contributed by atoms with Gasteiger partial charge in [0.05, 0.1) is 6.04 Å². The zero-order valence-corrected chi connectivity index (χ0v) is 9.95. The van der Waals surface area contributed by atoms with Crippen molar-refractivity contribution < 1.29 is 18.0 Å². The lowest BCUT2D eigenvalue weighted by molar-refractivity contribution is -0.170. The molecule has 1 rings (SSSR count). The summed E-state index contributed by atoms with van der Waals surface area (Å²) in [7, 11) is 0. The van der Waals surface area contributed by atoms with Gasteiger partial charge in [-0.2, -0.15) is 13.2 Å². The van der Waals surface area contributed by atoms with Crippen molar-refractivity contribution in [1.29, 1.82) is 0 Å². The van der Waals surface area contributed by atoms with E-state index in [9.17, 15) is 18.0 Å². The number of terminal acetylenes is 1. The third-order valence-electron chi connectivity index (χ3n) is 2.40. The van der Waals surface area contributed by atoms with E-state index in [1.165, 1.54) is 19.1 Å². The van der Waals surface area contributed by atoms with Crippen LogP contribution in [0.3, 0.4) is 0 Å². The van der Waals surface area contributed by atoms with Crippen LogP contribution in [-0.4, -0.2) is 18.1 Å². The first-order chi connectivity index (χ1) is 8.27. The van der Waals surface area contributed by atoms with Crippen molar-refractivity contribution in [3.8, 4) is 12.3 Å². The highest BCUT2D eigenvalue weighted by molar-refractivity contribution is 5.98. The maximum absolute atomic E-state index is 12.5. The number of nitrogens with zero attached hydrogens (tertiary/aromatic N) is 1. The van der Waals surface area contributed by atoms with E-state index < -0.39 is 18.1 Å². The third-order valence-corrected chi connectivity index (χ3v) is 2.40. The molecule has 0 aliphatic carbocycles. The van der Waals surface area contributed by atoms with E-state index in [0.29, 0.717) is 4.90 Å². The smallest absolute Gasteiger partial charge is 0.291 e. The normalized spacial score (nSPS) is 12.7. The van der Waals surface area contributed by atoms with E-state index in [1.807, 2.05) is 0 Å². The van der Waals surface area contributed by atoms with Crippen molar-refractivity contribution in [1.82, 2.24) is 0 Å². The fraction of sp³-hybridized carbons (Fsp3) is 0.308. The summed E-state index contributed by atoms with van der Waals surface area (Å²) < 4.78 is 37.5. The van der Waals surface area contributed by atoms with E-state index in [-0.39, 0.29) is 5.69 Å². The Hall–Kier alpha value is -1.96. The number of rotatable bonds is 2. The number of benzene rings is 1. The molecule has 1 aromatic carbocycles. The molecule has 0 spiro atoms. The first-order valence-corrected chi connectivity index (χ1v) is 5.20. The van der Waals surface area contributed by atoms with Crippen molar-refractivity contribution in [2.45, 2.75) is 26.1 Å². The van der Waals surface area contributed by atoms with Crippen LogP contribution in [0.5, 0.6) is 0 Å². The van der Waals surface area contributed by atoms with E-state index >= 15 is 0 Å². The predicted molar refractivity (Wildman–Crippen MR) is 63.0 cm³/mol. The molecule has 0 fully saturated rings. The fourth-order valence-electron chi connectivity index (χ4n) is 1.43. The van der Waals surface area contributed by atoms with Gasteiger partial charge < -0.3 is 0 Å². The summed E-state index contributed by atoms with van der Waals surface area (Å²) in [5, 5.41) is 0. The maximum Gasteiger partial charge on any atom is 0.471 e. The van der Waals surface area contributed by atoms with Crippen molar-refractivity contribution >= 4 is 11.6 Å². The zero-order chi connectivity index (χ0) is 13.9. The van der Waals surface area contributed by atoms with E-state index in [4.69, 9.17) is 6.42 Å². The van der Waals surface area contributed by atoms with Gasteiger partial charge >= 0.3 is 12.1 Å². The van der Waals surface area contributed by atoms with E-state index in [1.54, 1.807) is 19.1 Å². The number of amides is 1. The molecule has 2 nitrogen and oxygen atoms in total. The van der Waals surface area contributed by atoms with Gasteiger partial charge in [-0.1, -0.05) is 23.6 Å². The molecule has 18 heavy (non-hydrogen) atoms. The molecule has 0 saturated heterocycles. The molecule has 0 saturated carbocycles. The Morgan fingerprint density at radius 1 is 1.33 bits per heavy atom. The highest BCUT2D eigenvalue weighted by Crippen LogP contribution is 2.25. The SMILES string of the molecule is C#CC(C)N(C(=O)C(F)(F)F)c1ccc(C)cc1. The van der Waals surface area contributed by atoms with Gasteiger partial charge in [0.2, 0.25) is 0 Å². The molecule has 1 amide bonds. The zero-order valence-electron chi connectivity index (χ0n) is 9.95. The number of aryl methyl sites for hydroxylation is 1. The molecular formula is C13H12F3NO. The number of hydrogen-bond acceptors (Lipinski definition) is 1. The Kier molecular flexibility index (Phi) is 4.02. The first kappa shape index (κ1) is 14.1. The van der Waals surface area contributed by atoms with Crippen LogP contribution >= 0.6 is 0 Å². The van der Waals surface area contributed by atoms with Gasteiger partial charge in [0, 0.05) is 5.69 Å². The molecule has 5 heteroatoms. The van der Waals surface area contributed by atoms with Gasteiger partial charge in [0.1, 0.15) is 0 Å². The topological polar surface area (TPSA) is 20.3 Å². The standard InChI is InChI=1S/C13H12F3NO/c1-4-10(3)17(12(18)13(14,15)16)11-7-5-9(2)6-8-11/h1,5-8,10H,2-3H3. The quantitative estimate of drug-likeness (QED) is 0.744. The molecule has 1 aromatic rings. The van der Waals surface area contributed by atoms with Crippen molar-refractivity contribution in [2.24, 2.45) is 0 Å². The Morgan fingerprint density at radius 3 is 2.22 bits per heavy atom. The maximum atomic E-state index is 12.5. The Bertz CT molecular complexity index is 470. The van der Waals surface area contributed by atoms with Crippen LogP contribution in [-0.2, 0) is 4.79 Å². The summed E-state index contributed by atoms with van der Waals surface area (Å²) in [6, 6.07) is 5.14. The summed E-state index contributed by atoms with van der Waals surface area (Å²) in [5.74, 6) is 0.175. The molecule has 0 radical (unpaired) electrons. The largest absolute Gasteiger partial charge is 0.471 e. The van der Waals surface area contributed by atoms with Gasteiger partial charge in [-0.3, -0.25) is 9.69 Å². The minimum absolute atomic E-state index is 0.133. The van der Waals surface area contributed by atoms with E-state index in [0.717, 1.165) is 5.56 Å². The summed E-state index contributed by atoms with van der Waals surface area (Å²) in [6.07, 6.45) is 0.162. The summed E-state index contributed by atoms with van der Waals surface area (Å²) >= 11 is 0. The lowest BCUT2D eigenvalue weighted by Gasteiger charge is -2.26. The average Bonchev–Trinajstić information content (AvgIpc) is 2.30. The van der Waals surface area contributed by atoms with Gasteiger partial charge in [-0.25, -0.2) is 0 Å². The number of hydrogen-bond donors (Lipinski definition) is 0. The molecule has 0 aliphatic rings. The summed E-state index contributed by atoms with van der Waals surface area (Å²) in [4.78, 5) is 11.9. The van der Waals surface area contributed by atoms with Crippen molar-refractivity contribution in [3.63, 3.8) is 0 Å². The molecule has 96 valence electrons. The molecule has 0 aromatic heterocycles. The van der Waals surface area contributed by atoms with Crippen LogP contribution in [0.2, 0.25) is 0 Å². The summed E-state index contributed by atoms with van der Waals surface area (Å²) in [6.45, 7) is 3.16. The van der Waals surface area contributed by atoms with Crippen LogP contribution in [0, 0.1) is 19.3 Å². The number of carbonyl (C=O) groups is 1. The average molecular weight is 255 g/mol. The van der Waals surface area contributed by atoms with Gasteiger partial charge in [-0.15, -0.1) is 6.42 Å². The predicted octanol–water partition coefficient (Wildman–Crippen LogP) is 2.91. The molecule has 0 N–H and O–H groups in total. The number of carbonyl (C=O) groups excluding carboxylic acids is 1. The van der Waals surface area contributed by atoms with Crippen LogP contribution in [0.15, 0.2) is 24.3 Å². The molecule has 0 aliphatic heterocycles.